The number of hydrogen-bond donors (Lipinski definition) is 2. The predicted molar refractivity (Wildman–Crippen MR) is 182 cm³/mol. The molecule has 2 N–H and O–H groups in total. The second kappa shape index (κ2) is 9.60. The highest BCUT2D eigenvalue weighted by atomic mass is 16.4. The number of hydrogen-bond acceptors (Lipinski definition) is 2. The first-order valence-electron chi connectivity index (χ1n) is 15.0. The van der Waals surface area contributed by atoms with Crippen molar-refractivity contribution in [3.8, 4) is 11.4 Å². The van der Waals surface area contributed by atoms with Crippen molar-refractivity contribution in [1.29, 1.82) is 0 Å². The van der Waals surface area contributed by atoms with E-state index in [-0.39, 0.29) is 10.8 Å². The molecule has 0 aliphatic heterocycles. The second-order valence-electron chi connectivity index (χ2n) is 13.8. The van der Waals surface area contributed by atoms with Gasteiger partial charge in [0.25, 0.3) is 0 Å². The molecule has 5 aromatic carbocycles. The third-order valence-electron chi connectivity index (χ3n) is 8.85. The van der Waals surface area contributed by atoms with Crippen molar-refractivity contribution in [2.75, 3.05) is 0 Å². The van der Waals surface area contributed by atoms with Crippen LogP contribution in [-0.4, -0.2) is 26.3 Å². The van der Waals surface area contributed by atoms with Gasteiger partial charge in [-0.15, -0.1) is 0 Å². The Morgan fingerprint density at radius 2 is 1.00 bits per heavy atom. The van der Waals surface area contributed by atoms with Crippen LogP contribution in [0.1, 0.15) is 52.7 Å². The molecule has 0 unspecified atom stereocenters. The summed E-state index contributed by atoms with van der Waals surface area (Å²) in [5, 5.41) is 26.3. The lowest BCUT2D eigenvalue weighted by molar-refractivity contribution is 0.425. The first-order chi connectivity index (χ1) is 20.4. The molecule has 0 atom stereocenters. The molecule has 2 aromatic heterocycles. The molecule has 7 aromatic rings. The van der Waals surface area contributed by atoms with Gasteiger partial charge in [0.2, 0.25) is 0 Å². The largest absolute Gasteiger partial charge is 0.490 e. The Hall–Kier alpha value is -4.32. The molecule has 0 spiro atoms. The van der Waals surface area contributed by atoms with Gasteiger partial charge in [-0.3, -0.25) is 0 Å². The Bertz CT molecular complexity index is 2100. The summed E-state index contributed by atoms with van der Waals surface area (Å²) in [6.07, 6.45) is 0. The smallest absolute Gasteiger partial charge is 0.423 e. The first kappa shape index (κ1) is 27.5. The van der Waals surface area contributed by atoms with E-state index in [0.29, 0.717) is 5.46 Å². The minimum absolute atomic E-state index is 0.00508. The van der Waals surface area contributed by atoms with Crippen LogP contribution in [0.4, 0.5) is 0 Å². The summed E-state index contributed by atoms with van der Waals surface area (Å²) in [6, 6.07) is 36.1. The second-order valence-corrected chi connectivity index (χ2v) is 13.8. The van der Waals surface area contributed by atoms with Gasteiger partial charge in [0.15, 0.2) is 0 Å². The van der Waals surface area contributed by atoms with Gasteiger partial charge in [0.05, 0.1) is 22.1 Å². The van der Waals surface area contributed by atoms with E-state index in [0.717, 1.165) is 44.2 Å². The zero-order valence-electron chi connectivity index (χ0n) is 25.7. The first-order valence-corrected chi connectivity index (χ1v) is 15.0. The summed E-state index contributed by atoms with van der Waals surface area (Å²) in [7, 11) is -1.66. The van der Waals surface area contributed by atoms with Crippen LogP contribution in [0.3, 0.4) is 0 Å². The monoisotopic (exact) mass is 564 g/mol. The van der Waals surface area contributed by atoms with E-state index in [1.807, 2.05) is 24.3 Å². The van der Waals surface area contributed by atoms with Crippen LogP contribution in [0.15, 0.2) is 103 Å². The highest BCUT2D eigenvalue weighted by Gasteiger charge is 2.26. The average Bonchev–Trinajstić information content (AvgIpc) is 3.47. The molecule has 0 saturated carbocycles. The number of para-hydroxylation sites is 2. The third kappa shape index (κ3) is 4.38. The minimum atomic E-state index is -1.66. The van der Waals surface area contributed by atoms with Gasteiger partial charge in [-0.1, -0.05) is 90.1 Å². The van der Waals surface area contributed by atoms with Gasteiger partial charge in [-0.25, -0.2) is 0 Å². The molecule has 2 heterocycles. The van der Waals surface area contributed by atoms with Crippen LogP contribution in [0.5, 0.6) is 0 Å². The number of nitrogens with zero attached hydrogens (tertiary/aromatic N) is 2. The Kier molecular flexibility index (Phi) is 6.14. The van der Waals surface area contributed by atoms with Crippen molar-refractivity contribution in [1.82, 2.24) is 9.13 Å². The molecule has 0 bridgehead atoms. The van der Waals surface area contributed by atoms with E-state index in [1.54, 1.807) is 0 Å². The summed E-state index contributed by atoms with van der Waals surface area (Å²) < 4.78 is 4.42. The van der Waals surface area contributed by atoms with Gasteiger partial charge in [0.1, 0.15) is 0 Å². The SMILES string of the molecule is CC(C)(C)c1ccc2c(c1)c1cc(C(C)(C)C)ccc1n2-c1cc2c3ccccc3n(-c3ccccc3)c2cc1B(O)O. The van der Waals surface area contributed by atoms with Crippen molar-refractivity contribution < 1.29 is 10.0 Å². The molecule has 0 fully saturated rings. The molecule has 0 amide bonds. The van der Waals surface area contributed by atoms with Crippen LogP contribution in [0.2, 0.25) is 0 Å². The molecule has 7 rings (SSSR count). The van der Waals surface area contributed by atoms with Crippen LogP contribution in [-0.2, 0) is 10.8 Å². The zero-order chi connectivity index (χ0) is 30.3. The molecule has 0 aliphatic rings. The van der Waals surface area contributed by atoms with E-state index < -0.39 is 7.12 Å². The fourth-order valence-electron chi connectivity index (χ4n) is 6.49. The lowest BCUT2D eigenvalue weighted by atomic mass is 9.78. The van der Waals surface area contributed by atoms with Crippen molar-refractivity contribution in [2.45, 2.75) is 52.4 Å². The maximum Gasteiger partial charge on any atom is 0.490 e. The van der Waals surface area contributed by atoms with Crippen LogP contribution in [0, 0.1) is 0 Å². The summed E-state index contributed by atoms with van der Waals surface area (Å²) in [4.78, 5) is 0. The molecule has 0 saturated heterocycles. The fourth-order valence-corrected chi connectivity index (χ4v) is 6.49. The van der Waals surface area contributed by atoms with Crippen LogP contribution >= 0.6 is 0 Å². The molecule has 4 nitrogen and oxygen atoms in total. The van der Waals surface area contributed by atoms with Crippen LogP contribution < -0.4 is 5.46 Å². The van der Waals surface area contributed by atoms with Crippen molar-refractivity contribution in [2.24, 2.45) is 0 Å². The number of fused-ring (bicyclic) bond motifs is 6. The van der Waals surface area contributed by atoms with E-state index in [4.69, 9.17) is 0 Å². The van der Waals surface area contributed by atoms with E-state index >= 15 is 0 Å². The number of rotatable bonds is 3. The topological polar surface area (TPSA) is 50.3 Å². The molecule has 214 valence electrons. The van der Waals surface area contributed by atoms with E-state index in [2.05, 4.69) is 130 Å². The maximum absolute atomic E-state index is 10.9. The van der Waals surface area contributed by atoms with E-state index in [9.17, 15) is 10.0 Å². The fraction of sp³-hybridized carbons (Fsp3) is 0.211. The minimum Gasteiger partial charge on any atom is -0.423 e. The van der Waals surface area contributed by atoms with Gasteiger partial charge < -0.3 is 19.2 Å². The van der Waals surface area contributed by atoms with Crippen molar-refractivity contribution in [3.05, 3.63) is 114 Å². The van der Waals surface area contributed by atoms with Gasteiger partial charge in [-0.2, -0.15) is 0 Å². The highest BCUT2D eigenvalue weighted by molar-refractivity contribution is 6.60. The summed E-state index contributed by atoms with van der Waals surface area (Å²) in [5.74, 6) is 0. The number of aromatic nitrogens is 2. The average molecular weight is 565 g/mol. The Morgan fingerprint density at radius 1 is 0.488 bits per heavy atom. The molecule has 43 heavy (non-hydrogen) atoms. The third-order valence-corrected chi connectivity index (χ3v) is 8.85. The highest BCUT2D eigenvalue weighted by Crippen LogP contribution is 2.39. The van der Waals surface area contributed by atoms with Crippen molar-refractivity contribution >= 4 is 56.2 Å². The summed E-state index contributed by atoms with van der Waals surface area (Å²) in [6.45, 7) is 13.4. The summed E-state index contributed by atoms with van der Waals surface area (Å²) in [5.41, 5.74) is 8.88. The van der Waals surface area contributed by atoms with Gasteiger partial charge >= 0.3 is 7.12 Å². The quantitative estimate of drug-likeness (QED) is 0.213. The van der Waals surface area contributed by atoms with Crippen molar-refractivity contribution in [3.63, 3.8) is 0 Å². The van der Waals surface area contributed by atoms with Gasteiger partial charge in [-0.05, 0) is 76.6 Å². The predicted octanol–water partition coefficient (Wildman–Crippen LogP) is 8.16. The molecule has 0 aliphatic carbocycles. The summed E-state index contributed by atoms with van der Waals surface area (Å²) >= 11 is 0. The van der Waals surface area contributed by atoms with Crippen LogP contribution in [0.25, 0.3) is 55.0 Å². The van der Waals surface area contributed by atoms with E-state index in [1.165, 1.54) is 21.9 Å². The van der Waals surface area contributed by atoms with Gasteiger partial charge in [0, 0.05) is 38.4 Å². The number of benzene rings is 5. The Morgan fingerprint density at radius 3 is 1.56 bits per heavy atom. The molecular weight excluding hydrogens is 527 g/mol. The molecular formula is C38H37BN2O2. The lowest BCUT2D eigenvalue weighted by Gasteiger charge is -2.19. The Balaban J connectivity index is 1.62. The molecule has 0 radical (unpaired) electrons. The lowest BCUT2D eigenvalue weighted by Crippen LogP contribution is -2.33. The Labute approximate surface area is 253 Å². The normalized spacial score (nSPS) is 12.7. The molecule has 5 heteroatoms. The maximum atomic E-state index is 10.9. The standard InChI is InChI=1S/C38H37BN2O2/c1-37(2,3)24-16-18-33-28(20-24)29-21-25(38(4,5)6)17-19-34(29)41(33)36-22-30-27-14-10-11-15-32(27)40(26-12-8-7-9-13-26)35(30)23-31(36)39(42)43/h7-23,42-43H,1-6H3. The zero-order valence-corrected chi connectivity index (χ0v) is 25.7.